The van der Waals surface area contributed by atoms with Gasteiger partial charge in [-0.1, -0.05) is 287 Å². The number of hydrogen-bond donors (Lipinski definition) is 7. The zero-order chi connectivity index (χ0) is 102. The van der Waals surface area contributed by atoms with Gasteiger partial charge in [-0.25, -0.2) is 4.58 Å². The van der Waals surface area contributed by atoms with Crippen molar-refractivity contribution in [2.45, 2.75) is 145 Å². The second-order valence-corrected chi connectivity index (χ2v) is 45.6. The Morgan fingerprint density at radius 2 is 0.743 bits per heavy atom. The maximum absolute atomic E-state index is 13.5. The summed E-state index contributed by atoms with van der Waals surface area (Å²) in [5, 5.41) is 78.6. The molecule has 7 N–H and O–H groups in total. The van der Waals surface area contributed by atoms with Gasteiger partial charge in [0.25, 0.3) is 0 Å². The van der Waals surface area contributed by atoms with E-state index in [-0.39, 0.29) is 99.3 Å². The van der Waals surface area contributed by atoms with Crippen LogP contribution >= 0.6 is 110 Å². The third-order valence-electron chi connectivity index (χ3n) is 29.6. The minimum atomic E-state index is -2.02. The van der Waals surface area contributed by atoms with Gasteiger partial charge >= 0.3 is 0 Å². The molecule has 23 rings (SSSR count). The molecule has 0 radical (unpaired) electrons. The minimum Gasteiger partial charge on any atom is -1.00 e. The number of nitrogens with zero attached hydrogens (tertiary/aromatic N) is 7. The lowest BCUT2D eigenvalue weighted by Crippen LogP contribution is -3.00. The number of fused-ring (bicyclic) bond motifs is 12. The standard InChI is InChI=1S/2C29H30BrClN2O4.C23H15BrClNO3.C22H15BrClNO3.C6H13NO.C3H8N.HI/c2*1-27(2)17-36-13-12-33(27)16-22-24(18-6-4-3-5-7-18)29(19-8-10-20(30)11-9-19)28(35,26(22)34)25-23(37-29)14-21(31)15-32-25;1-13-19(14-5-3-2-4-6-14)23(15-7-9-16(24)10-8-15)22(28,21(13)27)20-18(29-23)11-17(25)12-26-20;23-15-8-6-14(7-9-15)22-17(13-4-2-1-3-5-13)11-19(26)21(22,27)20-18(28-22)10-16(24)12-25-20;1-6(2)5-8-4-3-7-6;1-4(2)3;/h2*3-11,14-15,22,24,26,34-35H,12-13,16-17H2,1-2H3;2-12,19,28H,1H2;1-10,12,17,27H,11H2;7H,3-5H2,1-2H3;1H2,2-3H3;1H/q;;;;;+1;/p-1/t2*22-,24-,26-,28+,29+;19-,22-,23-;17-,21+,22-;;;/m1100.../s1. The van der Waals surface area contributed by atoms with Crippen LogP contribution in [0, 0.1) is 11.8 Å². The average Bonchev–Trinajstić information content (AvgIpc) is 1.57. The SMILES string of the molecule is C=C1C(=O)[C@@]2(O)c3ncc(Cl)cc3O[C@@]2(c2ccc(Br)cc2)[C@@H]1c1ccccc1.C=[N+](C)C.CC1(C)COCCN1.CC1(C)COCCN1C[C@H]1[C@@H](O)[C@@]2(O)c3ncc(Cl)cc3O[C@@]2(c2ccc(Br)cc2)[C@@H]1c1ccccc1.CC1(C)COCCN1C[C@H]1[C@@H](O)[C@@]2(O)c3ncc(Cl)cc3O[C@@]2(c2ccc(Br)cc2)[C@@H]1c1ccccc1.O=C1C[C@@H](c2ccccc2)[C@]2(c3ccc(Br)cc3)Oc3cc(Cl)cnc3[C@]12O.[I-]. The molecule has 4 aliphatic carbocycles. The molecule has 7 fully saturated rings. The summed E-state index contributed by atoms with van der Waals surface area (Å²) in [4.78, 5) is 49.1. The van der Waals surface area contributed by atoms with Crippen LogP contribution in [0.2, 0.25) is 20.1 Å². The first-order chi connectivity index (χ1) is 68.2. The van der Waals surface area contributed by atoms with Gasteiger partial charge in [-0.15, -0.1) is 0 Å². The Bertz CT molecular complexity index is 6540. The van der Waals surface area contributed by atoms with Crippen molar-refractivity contribution in [3.8, 4) is 23.0 Å². The summed E-state index contributed by atoms with van der Waals surface area (Å²) in [5.74, 6) is -1.86. The number of nitrogens with one attached hydrogen (secondary N) is 1. The molecular weight excluding hydrogens is 2290 g/mol. The number of carbonyl (C=O) groups is 2. The third-order valence-corrected chi connectivity index (χ3v) is 32.5. The number of pyridine rings is 4. The second kappa shape index (κ2) is 41.9. The molecule has 4 aromatic heterocycles. The molecule has 144 heavy (non-hydrogen) atoms. The average molecular weight is 2400 g/mol. The first kappa shape index (κ1) is 107. The van der Waals surface area contributed by atoms with Crippen molar-refractivity contribution >= 4 is 128 Å². The van der Waals surface area contributed by atoms with Crippen molar-refractivity contribution in [3.05, 3.63) is 385 Å². The second-order valence-electron chi connectivity index (χ2n) is 40.2. The molecule has 3 saturated heterocycles. The zero-order valence-electron chi connectivity index (χ0n) is 80.3. The Labute approximate surface area is 908 Å². The lowest BCUT2D eigenvalue weighted by Gasteiger charge is -2.45. The largest absolute Gasteiger partial charge is 1.00 e. The molecule has 0 unspecified atom stereocenters. The molecule has 11 heterocycles. The highest BCUT2D eigenvalue weighted by atomic mass is 127. The van der Waals surface area contributed by atoms with Gasteiger partial charge in [0.05, 0.1) is 77.9 Å². The number of rotatable bonds is 12. The van der Waals surface area contributed by atoms with Gasteiger partial charge in [0.1, 0.15) is 66.6 Å². The van der Waals surface area contributed by atoms with Crippen molar-refractivity contribution in [3.63, 3.8) is 0 Å². The van der Waals surface area contributed by atoms with Crippen LogP contribution in [0.5, 0.6) is 23.0 Å². The van der Waals surface area contributed by atoms with Crippen LogP contribution in [0.1, 0.15) is 139 Å². The van der Waals surface area contributed by atoms with Crippen LogP contribution in [0.4, 0.5) is 0 Å². The van der Waals surface area contributed by atoms with Gasteiger partial charge in [0.2, 0.25) is 17.0 Å². The van der Waals surface area contributed by atoms with Gasteiger partial charge in [-0.3, -0.25) is 39.3 Å². The lowest BCUT2D eigenvalue weighted by atomic mass is 9.71. The van der Waals surface area contributed by atoms with Gasteiger partial charge in [0.15, 0.2) is 39.4 Å². The van der Waals surface area contributed by atoms with Crippen molar-refractivity contribution in [2.75, 3.05) is 86.5 Å². The highest BCUT2D eigenvalue weighted by Gasteiger charge is 2.81. The normalized spacial score (nSPS) is 29.4. The summed E-state index contributed by atoms with van der Waals surface area (Å²) >= 11 is 38.8. The number of carbonyl (C=O) groups excluding carboxylic acids is 2. The van der Waals surface area contributed by atoms with Gasteiger partial charge in [-0.05, 0) is 129 Å². The molecule has 16 atom stereocenters. The molecular formula is C112H111Br4Cl4IN8O15. The topological polar surface area (TPSA) is 293 Å². The Balaban J connectivity index is 0.000000127. The zero-order valence-corrected chi connectivity index (χ0v) is 91.8. The van der Waals surface area contributed by atoms with E-state index < -0.39 is 68.7 Å². The number of benzene rings is 8. The number of hydrogen-bond acceptors (Lipinski definition) is 22. The number of morpholine rings is 3. The van der Waals surface area contributed by atoms with Crippen LogP contribution in [0.3, 0.4) is 0 Å². The molecule has 0 bridgehead atoms. The Morgan fingerprint density at radius 3 is 1.09 bits per heavy atom. The molecule has 0 amide bonds. The Hall–Kier alpha value is -8.36. The van der Waals surface area contributed by atoms with Crippen molar-refractivity contribution < 1.29 is 102 Å². The highest BCUT2D eigenvalue weighted by Crippen LogP contribution is 2.73. The van der Waals surface area contributed by atoms with Crippen molar-refractivity contribution in [1.82, 2.24) is 35.1 Å². The van der Waals surface area contributed by atoms with Gasteiger partial charge in [0, 0.05) is 163 Å². The maximum atomic E-state index is 13.5. The van der Waals surface area contributed by atoms with Crippen LogP contribution in [-0.2, 0) is 68.6 Å². The van der Waals surface area contributed by atoms with E-state index >= 15 is 0 Å². The van der Waals surface area contributed by atoms with Crippen LogP contribution in [0.15, 0.2) is 297 Å². The van der Waals surface area contributed by atoms with Crippen LogP contribution in [-0.4, -0.2) is 199 Å². The predicted octanol–water partition coefficient (Wildman–Crippen LogP) is 16.7. The number of aliphatic hydroxyl groups is 6. The van der Waals surface area contributed by atoms with E-state index in [2.05, 4.69) is 154 Å². The fourth-order valence-electron chi connectivity index (χ4n) is 23.2. The van der Waals surface area contributed by atoms with E-state index in [9.17, 15) is 40.2 Å². The van der Waals surface area contributed by atoms with E-state index in [4.69, 9.17) is 79.6 Å². The van der Waals surface area contributed by atoms with Crippen molar-refractivity contribution in [2.24, 2.45) is 11.8 Å². The number of halogens is 9. The number of ether oxygens (including phenoxy) is 7. The monoisotopic (exact) mass is 2390 g/mol. The van der Waals surface area contributed by atoms with E-state index in [1.54, 1.807) is 28.8 Å². The summed E-state index contributed by atoms with van der Waals surface area (Å²) in [6, 6.07) is 76.2. The number of Topliss-reactive ketones (excluding diaryl/α,β-unsaturated/α-hetero) is 2. The smallest absolute Gasteiger partial charge is 0.218 e. The molecule has 0 spiro atoms. The summed E-state index contributed by atoms with van der Waals surface area (Å²) in [7, 11) is 3.78. The first-order valence-electron chi connectivity index (χ1n) is 47.3. The number of aromatic nitrogens is 4. The number of aliphatic hydroxyl groups excluding tert-OH is 2. The maximum Gasteiger partial charge on any atom is 0.218 e. The molecule has 4 saturated carbocycles. The minimum absolute atomic E-state index is 0. The summed E-state index contributed by atoms with van der Waals surface area (Å²) in [6.07, 6.45) is 3.68. The third kappa shape index (κ3) is 18.4. The fourth-order valence-corrected chi connectivity index (χ4v) is 24.9. The molecule has 8 aromatic carbocycles. The summed E-state index contributed by atoms with van der Waals surface area (Å²) in [5.41, 5.74) is -5.22. The predicted molar refractivity (Wildman–Crippen MR) is 563 cm³/mol. The number of ketones is 2. The lowest BCUT2D eigenvalue weighted by molar-refractivity contribution is -0.454. The Kier molecular flexibility index (Phi) is 31.1. The van der Waals surface area contributed by atoms with E-state index in [0.29, 0.717) is 105 Å². The van der Waals surface area contributed by atoms with E-state index in [1.807, 2.05) is 232 Å². The fraction of sp³-hybridized carbons (Fsp3) is 0.348. The Morgan fingerprint density at radius 1 is 0.431 bits per heavy atom. The summed E-state index contributed by atoms with van der Waals surface area (Å²) < 4.78 is 48.6. The van der Waals surface area contributed by atoms with Crippen LogP contribution < -0.4 is 48.2 Å². The van der Waals surface area contributed by atoms with Gasteiger partial charge in [-0.2, -0.15) is 0 Å². The van der Waals surface area contributed by atoms with E-state index in [1.165, 1.54) is 24.8 Å². The summed E-state index contributed by atoms with van der Waals surface area (Å²) in [6.45, 7) is 28.2. The molecule has 7 aliphatic heterocycles. The molecule has 752 valence electrons. The van der Waals surface area contributed by atoms with Crippen molar-refractivity contribution in [1.29, 1.82) is 0 Å². The first-order valence-corrected chi connectivity index (χ1v) is 52.0. The molecule has 32 heteroatoms. The molecule has 23 nitrogen and oxygen atoms in total. The molecule has 11 aliphatic rings. The highest BCUT2D eigenvalue weighted by molar-refractivity contribution is 9.11. The quantitative estimate of drug-likeness (QED) is 0.0259. The van der Waals surface area contributed by atoms with Crippen LogP contribution in [0.25, 0.3) is 0 Å². The molecule has 12 aromatic rings. The van der Waals surface area contributed by atoms with Gasteiger partial charge < -0.3 is 93.1 Å². The van der Waals surface area contributed by atoms with E-state index in [0.717, 1.165) is 84.1 Å².